The molecule has 0 atom stereocenters. The number of carbonyl (C=O) groups excluding carboxylic acids is 1. The first kappa shape index (κ1) is 11.1. The van der Waals surface area contributed by atoms with Gasteiger partial charge in [0, 0.05) is 16.2 Å². The van der Waals surface area contributed by atoms with E-state index in [2.05, 4.69) is 13.5 Å². The minimum Gasteiger partial charge on any atom is -0.298 e. The lowest BCUT2D eigenvalue weighted by Gasteiger charge is -2.02. The molecule has 0 saturated carbocycles. The summed E-state index contributed by atoms with van der Waals surface area (Å²) in [4.78, 5) is 11.6. The summed E-state index contributed by atoms with van der Waals surface area (Å²) < 4.78 is 0. The van der Waals surface area contributed by atoms with Crippen LogP contribution < -0.4 is 0 Å². The van der Waals surface area contributed by atoms with E-state index < -0.39 is 0 Å². The lowest BCUT2D eigenvalue weighted by molar-refractivity contribution is 0.112. The molecule has 0 aliphatic carbocycles. The van der Waals surface area contributed by atoms with Gasteiger partial charge in [-0.2, -0.15) is 0 Å². The smallest absolute Gasteiger partial charge is 0.150 e. The number of hydrogen-bond donors (Lipinski definition) is 0. The van der Waals surface area contributed by atoms with Crippen LogP contribution in [0.4, 0.5) is 0 Å². The van der Waals surface area contributed by atoms with Gasteiger partial charge in [0.05, 0.1) is 0 Å². The number of carbonyl (C=O) groups is 1. The standard InChI is InChI=1S/C12H14OS/c1-3-10(2)9-14-12-6-4-11(8-13)5-7-12/h4-8H,2-3,9H2,1H3. The minimum atomic E-state index is 0.726. The maximum atomic E-state index is 10.4. The van der Waals surface area contributed by atoms with Crippen molar-refractivity contribution in [2.75, 3.05) is 5.75 Å². The van der Waals surface area contributed by atoms with Gasteiger partial charge in [0.2, 0.25) is 0 Å². The Morgan fingerprint density at radius 3 is 2.57 bits per heavy atom. The Hall–Kier alpha value is -1.02. The van der Waals surface area contributed by atoms with Crippen LogP contribution in [0, 0.1) is 0 Å². The van der Waals surface area contributed by atoms with E-state index in [0.717, 1.165) is 24.0 Å². The van der Waals surface area contributed by atoms with Crippen molar-refractivity contribution in [3.63, 3.8) is 0 Å². The van der Waals surface area contributed by atoms with Gasteiger partial charge in [-0.05, 0) is 18.6 Å². The molecule has 0 amide bonds. The first-order valence-corrected chi connectivity index (χ1v) is 5.59. The highest BCUT2D eigenvalue weighted by Gasteiger charge is 1.96. The molecule has 0 spiro atoms. The summed E-state index contributed by atoms with van der Waals surface area (Å²) in [5.41, 5.74) is 1.97. The average Bonchev–Trinajstić information content (AvgIpc) is 2.26. The molecule has 14 heavy (non-hydrogen) atoms. The second-order valence-corrected chi connectivity index (χ2v) is 4.13. The lowest BCUT2D eigenvalue weighted by Crippen LogP contribution is -1.84. The molecule has 0 radical (unpaired) electrons. The molecule has 1 aromatic carbocycles. The molecule has 0 aliphatic heterocycles. The van der Waals surface area contributed by atoms with Crippen LogP contribution in [0.25, 0.3) is 0 Å². The van der Waals surface area contributed by atoms with Crippen molar-refractivity contribution in [3.05, 3.63) is 42.0 Å². The van der Waals surface area contributed by atoms with Gasteiger partial charge < -0.3 is 0 Å². The summed E-state index contributed by atoms with van der Waals surface area (Å²) in [5.74, 6) is 0.955. The van der Waals surface area contributed by atoms with Crippen molar-refractivity contribution in [3.8, 4) is 0 Å². The van der Waals surface area contributed by atoms with E-state index in [-0.39, 0.29) is 0 Å². The summed E-state index contributed by atoms with van der Waals surface area (Å²) in [6, 6.07) is 7.61. The van der Waals surface area contributed by atoms with Crippen molar-refractivity contribution in [1.29, 1.82) is 0 Å². The van der Waals surface area contributed by atoms with Gasteiger partial charge in [-0.3, -0.25) is 4.79 Å². The van der Waals surface area contributed by atoms with Crippen LogP contribution in [-0.4, -0.2) is 12.0 Å². The Bertz CT molecular complexity index is 314. The number of rotatable bonds is 5. The van der Waals surface area contributed by atoms with Crippen LogP contribution in [-0.2, 0) is 0 Å². The molecule has 2 heteroatoms. The van der Waals surface area contributed by atoms with Crippen LogP contribution in [0.3, 0.4) is 0 Å². The van der Waals surface area contributed by atoms with E-state index in [4.69, 9.17) is 0 Å². The highest BCUT2D eigenvalue weighted by Crippen LogP contribution is 2.20. The average molecular weight is 206 g/mol. The molecule has 0 aliphatic rings. The van der Waals surface area contributed by atoms with Crippen LogP contribution in [0.15, 0.2) is 41.3 Å². The third-order valence-electron chi connectivity index (χ3n) is 1.96. The zero-order valence-electron chi connectivity index (χ0n) is 8.32. The summed E-state index contributed by atoms with van der Waals surface area (Å²) in [5, 5.41) is 0. The van der Waals surface area contributed by atoms with E-state index in [1.165, 1.54) is 10.5 Å². The van der Waals surface area contributed by atoms with Gasteiger partial charge in [-0.15, -0.1) is 11.8 Å². The van der Waals surface area contributed by atoms with Crippen molar-refractivity contribution in [1.82, 2.24) is 0 Å². The predicted octanol–water partition coefficient (Wildman–Crippen LogP) is 3.56. The van der Waals surface area contributed by atoms with Crippen molar-refractivity contribution < 1.29 is 4.79 Å². The summed E-state index contributed by atoms with van der Waals surface area (Å²) >= 11 is 1.76. The summed E-state index contributed by atoms with van der Waals surface area (Å²) in [6.45, 7) is 6.05. The molecule has 1 rings (SSSR count). The third-order valence-corrected chi connectivity index (χ3v) is 3.12. The van der Waals surface area contributed by atoms with Crippen molar-refractivity contribution in [2.24, 2.45) is 0 Å². The monoisotopic (exact) mass is 206 g/mol. The molecule has 0 fully saturated rings. The summed E-state index contributed by atoms with van der Waals surface area (Å²) in [6.07, 6.45) is 1.89. The fourth-order valence-corrected chi connectivity index (χ4v) is 1.83. The number of benzene rings is 1. The quantitative estimate of drug-likeness (QED) is 0.416. The second-order valence-electron chi connectivity index (χ2n) is 3.08. The molecule has 0 N–H and O–H groups in total. The first-order chi connectivity index (χ1) is 6.76. The van der Waals surface area contributed by atoms with E-state index in [9.17, 15) is 4.79 Å². The SMILES string of the molecule is C=C(CC)CSc1ccc(C=O)cc1. The fraction of sp³-hybridized carbons (Fsp3) is 0.250. The van der Waals surface area contributed by atoms with Gasteiger partial charge in [-0.1, -0.05) is 31.2 Å². The highest BCUT2D eigenvalue weighted by molar-refractivity contribution is 7.99. The Balaban J connectivity index is 2.51. The third kappa shape index (κ3) is 3.38. The molecule has 0 saturated heterocycles. The van der Waals surface area contributed by atoms with E-state index >= 15 is 0 Å². The lowest BCUT2D eigenvalue weighted by atomic mass is 10.2. The van der Waals surface area contributed by atoms with Gasteiger partial charge in [0.25, 0.3) is 0 Å². The van der Waals surface area contributed by atoms with Crippen LogP contribution >= 0.6 is 11.8 Å². The highest BCUT2D eigenvalue weighted by atomic mass is 32.2. The van der Waals surface area contributed by atoms with Gasteiger partial charge in [-0.25, -0.2) is 0 Å². The zero-order valence-corrected chi connectivity index (χ0v) is 9.14. The minimum absolute atomic E-state index is 0.726. The topological polar surface area (TPSA) is 17.1 Å². The van der Waals surface area contributed by atoms with E-state index in [1.807, 2.05) is 24.3 Å². The number of thioether (sulfide) groups is 1. The number of hydrogen-bond acceptors (Lipinski definition) is 2. The molecular weight excluding hydrogens is 192 g/mol. The summed E-state index contributed by atoms with van der Waals surface area (Å²) in [7, 11) is 0. The van der Waals surface area contributed by atoms with Crippen molar-refractivity contribution in [2.45, 2.75) is 18.2 Å². The van der Waals surface area contributed by atoms with E-state index in [1.54, 1.807) is 11.8 Å². The molecular formula is C12H14OS. The fourth-order valence-electron chi connectivity index (χ4n) is 0.930. The largest absolute Gasteiger partial charge is 0.298 e. The molecule has 1 nitrogen and oxygen atoms in total. The molecule has 0 bridgehead atoms. The predicted molar refractivity (Wildman–Crippen MR) is 62.0 cm³/mol. The van der Waals surface area contributed by atoms with Gasteiger partial charge in [0.15, 0.2) is 0 Å². The van der Waals surface area contributed by atoms with Crippen LogP contribution in [0.2, 0.25) is 0 Å². The molecule has 74 valence electrons. The van der Waals surface area contributed by atoms with Crippen LogP contribution in [0.5, 0.6) is 0 Å². The van der Waals surface area contributed by atoms with Gasteiger partial charge >= 0.3 is 0 Å². The maximum absolute atomic E-state index is 10.4. The first-order valence-electron chi connectivity index (χ1n) is 4.61. The molecule has 0 aromatic heterocycles. The maximum Gasteiger partial charge on any atom is 0.150 e. The normalized spacial score (nSPS) is 9.79. The Kier molecular flexibility index (Phi) is 4.47. The molecule has 0 heterocycles. The zero-order chi connectivity index (χ0) is 10.4. The Morgan fingerprint density at radius 1 is 1.43 bits per heavy atom. The Labute approximate surface area is 89.2 Å². The number of aldehydes is 1. The van der Waals surface area contributed by atoms with E-state index in [0.29, 0.717) is 0 Å². The van der Waals surface area contributed by atoms with Gasteiger partial charge in [0.1, 0.15) is 6.29 Å². The van der Waals surface area contributed by atoms with Crippen molar-refractivity contribution >= 4 is 18.0 Å². The van der Waals surface area contributed by atoms with Crippen LogP contribution in [0.1, 0.15) is 23.7 Å². The molecule has 1 aromatic rings. The second kappa shape index (κ2) is 5.66. The molecule has 0 unspecified atom stereocenters. The Morgan fingerprint density at radius 2 is 2.07 bits per heavy atom.